The van der Waals surface area contributed by atoms with Crippen molar-refractivity contribution in [2.24, 2.45) is 0 Å². The molecular weight excluding hydrogens is 260 g/mol. The molecule has 110 valence electrons. The second-order valence-electron chi connectivity index (χ2n) is 4.05. The molecule has 0 atom stereocenters. The van der Waals surface area contributed by atoms with E-state index >= 15 is 0 Å². The Labute approximate surface area is 118 Å². The highest BCUT2D eigenvalue weighted by Gasteiger charge is 1.96. The molecule has 1 aromatic rings. The standard InChI is InChI=1S/C15H20O5/c1-18-8-3-9-19-10-11-20-14-5-2-4-13(12-14)6-7-15(16)17/h2,4-7,12H,3,8-11H2,1H3,(H,16,17). The first-order valence-corrected chi connectivity index (χ1v) is 6.43. The zero-order valence-electron chi connectivity index (χ0n) is 11.6. The largest absolute Gasteiger partial charge is 0.491 e. The van der Waals surface area contributed by atoms with Crippen molar-refractivity contribution < 1.29 is 24.1 Å². The van der Waals surface area contributed by atoms with E-state index < -0.39 is 5.97 Å². The van der Waals surface area contributed by atoms with Crippen LogP contribution < -0.4 is 4.74 Å². The number of carboxylic acids is 1. The number of aliphatic carboxylic acids is 1. The molecule has 0 amide bonds. The number of carboxylic acid groups (broad SMARTS) is 1. The Hall–Kier alpha value is -1.85. The van der Waals surface area contributed by atoms with Gasteiger partial charge in [-0.05, 0) is 30.2 Å². The van der Waals surface area contributed by atoms with Crippen LogP contribution in [0.5, 0.6) is 5.75 Å². The molecule has 1 N–H and O–H groups in total. The summed E-state index contributed by atoms with van der Waals surface area (Å²) in [5, 5.41) is 8.56. The Balaban J connectivity index is 2.26. The quantitative estimate of drug-likeness (QED) is 0.526. The molecule has 0 fully saturated rings. The van der Waals surface area contributed by atoms with E-state index in [9.17, 15) is 4.79 Å². The Morgan fingerprint density at radius 3 is 2.85 bits per heavy atom. The van der Waals surface area contributed by atoms with Gasteiger partial charge in [0.1, 0.15) is 12.4 Å². The van der Waals surface area contributed by atoms with Crippen LogP contribution in [0.2, 0.25) is 0 Å². The van der Waals surface area contributed by atoms with Crippen LogP contribution in [-0.2, 0) is 14.3 Å². The van der Waals surface area contributed by atoms with Gasteiger partial charge in [-0.15, -0.1) is 0 Å². The number of hydrogen-bond donors (Lipinski definition) is 1. The zero-order chi connectivity index (χ0) is 14.6. The lowest BCUT2D eigenvalue weighted by atomic mass is 10.2. The Bertz CT molecular complexity index is 428. The summed E-state index contributed by atoms with van der Waals surface area (Å²) in [4.78, 5) is 10.4. The van der Waals surface area contributed by atoms with Crippen LogP contribution in [0.25, 0.3) is 6.08 Å². The lowest BCUT2D eigenvalue weighted by Crippen LogP contribution is -2.08. The Morgan fingerprint density at radius 1 is 1.25 bits per heavy atom. The average Bonchev–Trinajstić information content (AvgIpc) is 2.45. The van der Waals surface area contributed by atoms with Crippen LogP contribution >= 0.6 is 0 Å². The average molecular weight is 280 g/mol. The van der Waals surface area contributed by atoms with Crippen molar-refractivity contribution in [3.8, 4) is 5.75 Å². The first kappa shape index (κ1) is 16.2. The van der Waals surface area contributed by atoms with Crippen molar-refractivity contribution in [2.75, 3.05) is 33.5 Å². The van der Waals surface area contributed by atoms with Gasteiger partial charge in [0.25, 0.3) is 0 Å². The molecule has 0 aliphatic heterocycles. The molecule has 0 saturated heterocycles. The fourth-order valence-corrected chi connectivity index (χ4v) is 1.50. The van der Waals surface area contributed by atoms with E-state index in [0.717, 1.165) is 18.1 Å². The van der Waals surface area contributed by atoms with E-state index in [1.807, 2.05) is 18.2 Å². The molecule has 0 aliphatic rings. The van der Waals surface area contributed by atoms with Crippen LogP contribution in [0.3, 0.4) is 0 Å². The van der Waals surface area contributed by atoms with Crippen molar-refractivity contribution in [2.45, 2.75) is 6.42 Å². The first-order chi connectivity index (χ1) is 9.72. The molecule has 5 heteroatoms. The van der Waals surface area contributed by atoms with Crippen molar-refractivity contribution in [3.05, 3.63) is 35.9 Å². The van der Waals surface area contributed by atoms with Gasteiger partial charge in [-0.1, -0.05) is 12.1 Å². The van der Waals surface area contributed by atoms with Gasteiger partial charge in [-0.25, -0.2) is 4.79 Å². The summed E-state index contributed by atoms with van der Waals surface area (Å²) in [6.45, 7) is 2.31. The third kappa shape index (κ3) is 7.56. The molecular formula is C15H20O5. The molecule has 0 aromatic heterocycles. The summed E-state index contributed by atoms with van der Waals surface area (Å²) >= 11 is 0. The minimum absolute atomic E-state index is 0.457. The molecule has 20 heavy (non-hydrogen) atoms. The van der Waals surface area contributed by atoms with Crippen molar-refractivity contribution in [1.29, 1.82) is 0 Å². The van der Waals surface area contributed by atoms with Crippen LogP contribution in [0.15, 0.2) is 30.3 Å². The smallest absolute Gasteiger partial charge is 0.328 e. The molecule has 0 aliphatic carbocycles. The highest BCUT2D eigenvalue weighted by atomic mass is 16.5. The third-order valence-corrected chi connectivity index (χ3v) is 2.41. The monoisotopic (exact) mass is 280 g/mol. The van der Waals surface area contributed by atoms with E-state index in [-0.39, 0.29) is 0 Å². The number of ether oxygens (including phenoxy) is 3. The van der Waals surface area contributed by atoms with Gasteiger partial charge in [0.05, 0.1) is 6.61 Å². The first-order valence-electron chi connectivity index (χ1n) is 6.43. The second kappa shape index (κ2) is 10.00. The number of carbonyl (C=O) groups is 1. The summed E-state index contributed by atoms with van der Waals surface area (Å²) in [6.07, 6.45) is 3.49. The van der Waals surface area contributed by atoms with E-state index in [1.165, 1.54) is 6.08 Å². The van der Waals surface area contributed by atoms with Gasteiger partial charge < -0.3 is 19.3 Å². The molecule has 0 unspecified atom stereocenters. The van der Waals surface area contributed by atoms with Gasteiger partial charge in [0.2, 0.25) is 0 Å². The molecule has 0 radical (unpaired) electrons. The molecule has 1 rings (SSSR count). The molecule has 0 saturated carbocycles. The van der Waals surface area contributed by atoms with Gasteiger partial charge in [0.15, 0.2) is 0 Å². The van der Waals surface area contributed by atoms with Crippen LogP contribution in [0.1, 0.15) is 12.0 Å². The van der Waals surface area contributed by atoms with E-state index in [0.29, 0.717) is 32.2 Å². The van der Waals surface area contributed by atoms with E-state index in [4.69, 9.17) is 19.3 Å². The fraction of sp³-hybridized carbons (Fsp3) is 0.400. The van der Waals surface area contributed by atoms with Gasteiger partial charge in [0, 0.05) is 26.4 Å². The highest BCUT2D eigenvalue weighted by Crippen LogP contribution is 2.14. The maximum absolute atomic E-state index is 10.4. The molecule has 0 spiro atoms. The van der Waals surface area contributed by atoms with E-state index in [1.54, 1.807) is 13.2 Å². The molecule has 0 heterocycles. The summed E-state index contributed by atoms with van der Waals surface area (Å²) in [5.41, 5.74) is 0.783. The van der Waals surface area contributed by atoms with E-state index in [2.05, 4.69) is 0 Å². The SMILES string of the molecule is COCCCOCCOc1cccc(C=CC(=O)O)c1. The highest BCUT2D eigenvalue weighted by molar-refractivity contribution is 5.85. The normalized spacial score (nSPS) is 10.8. The molecule has 5 nitrogen and oxygen atoms in total. The minimum atomic E-state index is -0.971. The van der Waals surface area contributed by atoms with Crippen LogP contribution in [-0.4, -0.2) is 44.6 Å². The topological polar surface area (TPSA) is 65.0 Å². The fourth-order valence-electron chi connectivity index (χ4n) is 1.50. The predicted molar refractivity (Wildman–Crippen MR) is 75.9 cm³/mol. The number of hydrogen-bond acceptors (Lipinski definition) is 4. The second-order valence-corrected chi connectivity index (χ2v) is 4.05. The lowest BCUT2D eigenvalue weighted by molar-refractivity contribution is -0.131. The lowest BCUT2D eigenvalue weighted by Gasteiger charge is -2.07. The van der Waals surface area contributed by atoms with Gasteiger partial charge >= 0.3 is 5.97 Å². The van der Waals surface area contributed by atoms with Crippen molar-refractivity contribution >= 4 is 12.0 Å². The minimum Gasteiger partial charge on any atom is -0.491 e. The zero-order valence-corrected chi connectivity index (χ0v) is 11.6. The summed E-state index contributed by atoms with van der Waals surface area (Å²) in [5.74, 6) is -0.279. The maximum atomic E-state index is 10.4. The van der Waals surface area contributed by atoms with Gasteiger partial charge in [-0.3, -0.25) is 0 Å². The Morgan fingerprint density at radius 2 is 2.10 bits per heavy atom. The molecule has 0 bridgehead atoms. The number of rotatable bonds is 10. The maximum Gasteiger partial charge on any atom is 0.328 e. The van der Waals surface area contributed by atoms with Crippen LogP contribution in [0, 0.1) is 0 Å². The number of benzene rings is 1. The van der Waals surface area contributed by atoms with Crippen LogP contribution in [0.4, 0.5) is 0 Å². The third-order valence-electron chi connectivity index (χ3n) is 2.41. The predicted octanol–water partition coefficient (Wildman–Crippen LogP) is 2.22. The molecule has 1 aromatic carbocycles. The Kier molecular flexibility index (Phi) is 8.10. The van der Waals surface area contributed by atoms with Gasteiger partial charge in [-0.2, -0.15) is 0 Å². The summed E-state index contributed by atoms with van der Waals surface area (Å²) < 4.78 is 15.8. The summed E-state index contributed by atoms with van der Waals surface area (Å²) in [6, 6.07) is 7.23. The van der Waals surface area contributed by atoms with Crippen molar-refractivity contribution in [3.63, 3.8) is 0 Å². The summed E-state index contributed by atoms with van der Waals surface area (Å²) in [7, 11) is 1.66. The number of methoxy groups -OCH3 is 1. The van der Waals surface area contributed by atoms with Crippen molar-refractivity contribution in [1.82, 2.24) is 0 Å².